The highest BCUT2D eigenvalue weighted by molar-refractivity contribution is 7.92. The Balaban J connectivity index is 1.72. The van der Waals surface area contributed by atoms with Crippen molar-refractivity contribution in [3.05, 3.63) is 87.9 Å². The van der Waals surface area contributed by atoms with Gasteiger partial charge in [-0.2, -0.15) is 0 Å². The summed E-state index contributed by atoms with van der Waals surface area (Å²) in [6, 6.07) is 17.1. The van der Waals surface area contributed by atoms with E-state index in [1.54, 1.807) is 44.4 Å². The van der Waals surface area contributed by atoms with Crippen molar-refractivity contribution >= 4 is 50.7 Å². The number of nitrogens with zero attached hydrogens (tertiary/aromatic N) is 2. The number of amides is 2. The van der Waals surface area contributed by atoms with Gasteiger partial charge in [0.15, 0.2) is 0 Å². The van der Waals surface area contributed by atoms with Crippen LogP contribution < -0.4 is 14.4 Å². The summed E-state index contributed by atoms with van der Waals surface area (Å²) in [5.74, 6) is -0.289. The zero-order valence-electron chi connectivity index (χ0n) is 23.8. The van der Waals surface area contributed by atoms with Gasteiger partial charge in [-0.25, -0.2) is 8.42 Å². The number of sulfonamides is 1. The summed E-state index contributed by atoms with van der Waals surface area (Å²) in [6.07, 6.45) is 3.85. The van der Waals surface area contributed by atoms with E-state index in [4.69, 9.17) is 27.9 Å². The lowest BCUT2D eigenvalue weighted by atomic mass is 10.1. The van der Waals surface area contributed by atoms with E-state index in [1.807, 2.05) is 13.0 Å². The van der Waals surface area contributed by atoms with Crippen molar-refractivity contribution in [2.75, 3.05) is 18.0 Å². The number of hydrogen-bond donors (Lipinski definition) is 1. The van der Waals surface area contributed by atoms with Gasteiger partial charge < -0.3 is 15.0 Å². The summed E-state index contributed by atoms with van der Waals surface area (Å²) in [6.45, 7) is 2.94. The Hall–Kier alpha value is -3.27. The molecular formula is C31H35Cl2N3O5S. The molecule has 1 aliphatic rings. The molecule has 3 aromatic carbocycles. The molecule has 4 rings (SSSR count). The normalized spacial score (nSPS) is 14.3. The van der Waals surface area contributed by atoms with Crippen LogP contribution in [0.2, 0.25) is 10.0 Å². The van der Waals surface area contributed by atoms with Crippen LogP contribution in [0.25, 0.3) is 0 Å². The molecule has 1 aliphatic carbocycles. The minimum absolute atomic E-state index is 0.0108. The Morgan fingerprint density at radius 1 is 1.02 bits per heavy atom. The quantitative estimate of drug-likeness (QED) is 0.281. The molecular weight excluding hydrogens is 597 g/mol. The maximum absolute atomic E-state index is 14.1. The predicted molar refractivity (Wildman–Crippen MR) is 166 cm³/mol. The molecule has 1 atom stereocenters. The van der Waals surface area contributed by atoms with Gasteiger partial charge in [0.1, 0.15) is 18.3 Å². The molecule has 1 saturated carbocycles. The summed E-state index contributed by atoms with van der Waals surface area (Å²) in [7, 11) is -2.72. The number of methoxy groups -OCH3 is 1. The van der Waals surface area contributed by atoms with Crippen LogP contribution in [0.4, 0.5) is 5.69 Å². The molecule has 3 aromatic rings. The van der Waals surface area contributed by atoms with Crippen LogP contribution in [0.5, 0.6) is 5.75 Å². The summed E-state index contributed by atoms with van der Waals surface area (Å²) in [4.78, 5) is 28.9. The maximum Gasteiger partial charge on any atom is 0.264 e. The number of rotatable bonds is 11. The average Bonchev–Trinajstić information content (AvgIpc) is 3.49. The fraction of sp³-hybridized carbons (Fsp3) is 0.355. The Morgan fingerprint density at radius 3 is 2.38 bits per heavy atom. The molecule has 0 radical (unpaired) electrons. The highest BCUT2D eigenvalue weighted by Gasteiger charge is 2.34. The first-order valence-electron chi connectivity index (χ1n) is 13.8. The van der Waals surface area contributed by atoms with Gasteiger partial charge in [-0.05, 0) is 74.7 Å². The third kappa shape index (κ3) is 7.56. The van der Waals surface area contributed by atoms with E-state index < -0.39 is 28.5 Å². The fourth-order valence-corrected chi connectivity index (χ4v) is 6.83. The third-order valence-electron chi connectivity index (χ3n) is 7.42. The molecule has 42 heavy (non-hydrogen) atoms. The van der Waals surface area contributed by atoms with Gasteiger partial charge in [-0.15, -0.1) is 0 Å². The molecule has 0 saturated heterocycles. The third-order valence-corrected chi connectivity index (χ3v) is 9.75. The van der Waals surface area contributed by atoms with Gasteiger partial charge >= 0.3 is 0 Å². The molecule has 1 fully saturated rings. The van der Waals surface area contributed by atoms with Crippen molar-refractivity contribution in [1.29, 1.82) is 0 Å². The average molecular weight is 633 g/mol. The van der Waals surface area contributed by atoms with E-state index in [-0.39, 0.29) is 39.1 Å². The van der Waals surface area contributed by atoms with Crippen LogP contribution >= 0.6 is 23.2 Å². The monoisotopic (exact) mass is 631 g/mol. The lowest BCUT2D eigenvalue weighted by Crippen LogP contribution is -2.52. The lowest BCUT2D eigenvalue weighted by molar-refractivity contribution is -0.139. The minimum atomic E-state index is -4.26. The van der Waals surface area contributed by atoms with Gasteiger partial charge in [-0.1, -0.05) is 65.9 Å². The summed E-state index contributed by atoms with van der Waals surface area (Å²) >= 11 is 12.7. The largest absolute Gasteiger partial charge is 0.497 e. The molecule has 2 amide bonds. The number of ether oxygens (including phenoxy) is 1. The van der Waals surface area contributed by atoms with E-state index in [9.17, 15) is 18.0 Å². The van der Waals surface area contributed by atoms with E-state index in [2.05, 4.69) is 5.32 Å². The highest BCUT2D eigenvalue weighted by Crippen LogP contribution is 2.33. The number of halogens is 2. The highest BCUT2D eigenvalue weighted by atomic mass is 35.5. The second-order valence-electron chi connectivity index (χ2n) is 10.5. The van der Waals surface area contributed by atoms with Crippen molar-refractivity contribution < 1.29 is 22.7 Å². The van der Waals surface area contributed by atoms with Gasteiger partial charge in [0, 0.05) is 17.6 Å². The molecule has 0 bridgehead atoms. The van der Waals surface area contributed by atoms with Crippen LogP contribution in [0, 0.1) is 6.92 Å². The zero-order valence-corrected chi connectivity index (χ0v) is 26.2. The first-order valence-corrected chi connectivity index (χ1v) is 16.0. The van der Waals surface area contributed by atoms with Crippen LogP contribution in [0.3, 0.4) is 0 Å². The smallest absolute Gasteiger partial charge is 0.264 e. The van der Waals surface area contributed by atoms with Crippen LogP contribution in [0.15, 0.2) is 71.6 Å². The van der Waals surface area contributed by atoms with Crippen molar-refractivity contribution in [2.45, 2.75) is 63.1 Å². The zero-order chi connectivity index (χ0) is 30.4. The minimum Gasteiger partial charge on any atom is -0.497 e. The number of hydrogen-bond acceptors (Lipinski definition) is 5. The molecule has 0 unspecified atom stereocenters. The second kappa shape index (κ2) is 13.8. The standard InChI is InChI=1S/C31H35Cl2N3O5S/c1-21-11-14-27(15-12-21)42(39,40)36(29-18-24(32)13-16-28(29)33)20-30(37)35(19-23-7-6-10-26(17-23)41-3)22(2)31(38)34-25-8-4-5-9-25/h6-7,10-18,22,25H,4-5,8-9,19-20H2,1-3H3,(H,34,38)/t22-/m0/s1. The summed E-state index contributed by atoms with van der Waals surface area (Å²) in [5.41, 5.74) is 1.66. The van der Waals surface area contributed by atoms with E-state index in [0.29, 0.717) is 5.75 Å². The second-order valence-corrected chi connectivity index (χ2v) is 13.2. The van der Waals surface area contributed by atoms with Crippen LogP contribution in [-0.4, -0.2) is 50.9 Å². The van der Waals surface area contributed by atoms with Gasteiger partial charge in [0.25, 0.3) is 10.0 Å². The fourth-order valence-electron chi connectivity index (χ4n) is 4.97. The molecule has 224 valence electrons. The number of nitrogens with one attached hydrogen (secondary N) is 1. The maximum atomic E-state index is 14.1. The molecule has 11 heteroatoms. The van der Waals surface area contributed by atoms with Crippen molar-refractivity contribution in [1.82, 2.24) is 10.2 Å². The van der Waals surface area contributed by atoms with Crippen molar-refractivity contribution in [3.63, 3.8) is 0 Å². The summed E-state index contributed by atoms with van der Waals surface area (Å²) < 4.78 is 34.3. The number of aryl methyl sites for hydroxylation is 1. The van der Waals surface area contributed by atoms with Crippen molar-refractivity contribution in [2.24, 2.45) is 0 Å². The van der Waals surface area contributed by atoms with Crippen LogP contribution in [0.1, 0.15) is 43.7 Å². The Kier molecular flexibility index (Phi) is 10.4. The Bertz CT molecular complexity index is 1530. The van der Waals surface area contributed by atoms with E-state index in [0.717, 1.165) is 41.1 Å². The molecule has 0 spiro atoms. The predicted octanol–water partition coefficient (Wildman–Crippen LogP) is 5.98. The van der Waals surface area contributed by atoms with Gasteiger partial charge in [0.05, 0.1) is 22.7 Å². The molecule has 0 heterocycles. The van der Waals surface area contributed by atoms with E-state index in [1.165, 1.54) is 35.2 Å². The molecule has 1 N–H and O–H groups in total. The topological polar surface area (TPSA) is 96.0 Å². The first kappa shape index (κ1) is 31.7. The van der Waals surface area contributed by atoms with E-state index >= 15 is 0 Å². The Labute approximate surface area is 257 Å². The lowest BCUT2D eigenvalue weighted by Gasteiger charge is -2.32. The number of benzene rings is 3. The molecule has 0 aliphatic heterocycles. The van der Waals surface area contributed by atoms with Gasteiger partial charge in [0.2, 0.25) is 11.8 Å². The molecule has 0 aromatic heterocycles. The SMILES string of the molecule is COc1cccc(CN(C(=O)CN(c2cc(Cl)ccc2Cl)S(=O)(=O)c2ccc(C)cc2)[C@@H](C)C(=O)NC2CCCC2)c1. The van der Waals surface area contributed by atoms with Crippen molar-refractivity contribution in [3.8, 4) is 5.75 Å². The first-order chi connectivity index (χ1) is 20.0. The number of carbonyl (C=O) groups excluding carboxylic acids is 2. The number of anilines is 1. The van der Waals surface area contributed by atoms with Crippen LogP contribution in [-0.2, 0) is 26.2 Å². The summed E-state index contributed by atoms with van der Waals surface area (Å²) in [5, 5.41) is 3.42. The Morgan fingerprint density at radius 2 is 1.71 bits per heavy atom. The van der Waals surface area contributed by atoms with Gasteiger partial charge in [-0.3, -0.25) is 13.9 Å². The number of carbonyl (C=O) groups is 2. The molecule has 8 nitrogen and oxygen atoms in total.